The molecule has 1 aliphatic heterocycles. The van der Waals surface area contributed by atoms with E-state index in [0.29, 0.717) is 13.1 Å². The predicted molar refractivity (Wildman–Crippen MR) is 52.6 cm³/mol. The third-order valence-corrected chi connectivity index (χ3v) is 3.32. The number of amides is 1. The molecule has 1 heterocycles. The molecular weight excluding hydrogens is 180 g/mol. The monoisotopic (exact) mass is 198 g/mol. The average molecular weight is 198 g/mol. The van der Waals surface area contributed by atoms with Crippen LogP contribution in [-0.4, -0.2) is 40.6 Å². The van der Waals surface area contributed by atoms with Gasteiger partial charge in [-0.1, -0.05) is 19.3 Å². The molecule has 2 aliphatic rings. The Hall–Kier alpha value is -0.610. The zero-order valence-electron chi connectivity index (χ0n) is 8.41. The van der Waals surface area contributed by atoms with Crippen molar-refractivity contribution in [2.45, 2.75) is 43.7 Å². The molecule has 1 amide bonds. The summed E-state index contributed by atoms with van der Waals surface area (Å²) in [4.78, 5) is 13.6. The quantitative estimate of drug-likeness (QED) is 0.616. The molecule has 0 radical (unpaired) electrons. The lowest BCUT2D eigenvalue weighted by atomic mass is 9.81. The summed E-state index contributed by atoms with van der Waals surface area (Å²) in [6.07, 6.45) is 4.58. The summed E-state index contributed by atoms with van der Waals surface area (Å²) in [5.74, 6) is 0.0440. The molecule has 0 unspecified atom stereocenters. The zero-order valence-corrected chi connectivity index (χ0v) is 8.41. The van der Waals surface area contributed by atoms with E-state index in [2.05, 4.69) is 0 Å². The van der Waals surface area contributed by atoms with E-state index in [1.165, 1.54) is 6.42 Å². The van der Waals surface area contributed by atoms with Gasteiger partial charge in [-0.3, -0.25) is 4.79 Å². The second kappa shape index (κ2) is 3.51. The van der Waals surface area contributed by atoms with E-state index < -0.39 is 5.54 Å². The van der Waals surface area contributed by atoms with E-state index >= 15 is 0 Å². The second-order valence-electron chi connectivity index (χ2n) is 4.58. The van der Waals surface area contributed by atoms with E-state index in [0.717, 1.165) is 25.7 Å². The van der Waals surface area contributed by atoms with Crippen LogP contribution in [0.15, 0.2) is 0 Å². The van der Waals surface area contributed by atoms with Crippen LogP contribution in [0.25, 0.3) is 0 Å². The van der Waals surface area contributed by atoms with Gasteiger partial charge in [-0.15, -0.1) is 0 Å². The first kappa shape index (κ1) is 9.93. The van der Waals surface area contributed by atoms with Crippen molar-refractivity contribution in [2.75, 3.05) is 13.1 Å². The number of nitrogens with zero attached hydrogens (tertiary/aromatic N) is 1. The van der Waals surface area contributed by atoms with Crippen LogP contribution >= 0.6 is 0 Å². The fourth-order valence-electron chi connectivity index (χ4n) is 2.33. The van der Waals surface area contributed by atoms with E-state index in [1.807, 2.05) is 0 Å². The molecule has 0 aromatic carbocycles. The number of β-amino-alcohol motifs (C(OH)–C–C–N with tert-alkyl or cyclic N) is 1. The first-order valence-electron chi connectivity index (χ1n) is 5.38. The Morgan fingerprint density at radius 1 is 1.29 bits per heavy atom. The van der Waals surface area contributed by atoms with Gasteiger partial charge in [0.1, 0.15) is 0 Å². The van der Waals surface area contributed by atoms with Crippen molar-refractivity contribution in [3.63, 3.8) is 0 Å². The SMILES string of the molecule is NC1(C(=O)N2CC(O)C2)CCCCC1. The number of carbonyl (C=O) groups is 1. The van der Waals surface area contributed by atoms with Gasteiger partial charge in [0, 0.05) is 13.1 Å². The molecule has 2 fully saturated rings. The molecule has 0 atom stereocenters. The van der Waals surface area contributed by atoms with Crippen molar-refractivity contribution in [1.29, 1.82) is 0 Å². The van der Waals surface area contributed by atoms with Crippen molar-refractivity contribution in [2.24, 2.45) is 5.73 Å². The van der Waals surface area contributed by atoms with Gasteiger partial charge in [-0.05, 0) is 12.8 Å². The average Bonchev–Trinajstić information content (AvgIpc) is 2.13. The lowest BCUT2D eigenvalue weighted by Gasteiger charge is -2.43. The van der Waals surface area contributed by atoms with Crippen LogP contribution in [0, 0.1) is 0 Å². The highest BCUT2D eigenvalue weighted by Crippen LogP contribution is 2.29. The molecule has 1 saturated heterocycles. The van der Waals surface area contributed by atoms with Gasteiger partial charge in [0.25, 0.3) is 0 Å². The molecule has 0 aromatic rings. The van der Waals surface area contributed by atoms with Gasteiger partial charge in [0.15, 0.2) is 0 Å². The fourth-order valence-corrected chi connectivity index (χ4v) is 2.33. The molecule has 1 saturated carbocycles. The Labute approximate surface area is 84.1 Å². The topological polar surface area (TPSA) is 66.6 Å². The smallest absolute Gasteiger partial charge is 0.242 e. The highest BCUT2D eigenvalue weighted by atomic mass is 16.3. The van der Waals surface area contributed by atoms with Crippen LogP contribution in [0.1, 0.15) is 32.1 Å². The summed E-state index contributed by atoms with van der Waals surface area (Å²) >= 11 is 0. The highest BCUT2D eigenvalue weighted by molar-refractivity contribution is 5.87. The summed E-state index contributed by atoms with van der Waals surface area (Å²) in [5, 5.41) is 9.11. The lowest BCUT2D eigenvalue weighted by Crippen LogP contribution is -2.63. The second-order valence-corrected chi connectivity index (χ2v) is 4.58. The first-order chi connectivity index (χ1) is 6.62. The summed E-state index contributed by atoms with van der Waals surface area (Å²) in [7, 11) is 0. The van der Waals surface area contributed by atoms with Gasteiger partial charge >= 0.3 is 0 Å². The van der Waals surface area contributed by atoms with Crippen molar-refractivity contribution in [3.05, 3.63) is 0 Å². The Morgan fingerprint density at radius 2 is 1.86 bits per heavy atom. The standard InChI is InChI=1S/C10H18N2O2/c11-10(4-2-1-3-5-10)9(14)12-6-8(13)7-12/h8,13H,1-7,11H2. The van der Waals surface area contributed by atoms with Crippen LogP contribution in [0.2, 0.25) is 0 Å². The molecule has 14 heavy (non-hydrogen) atoms. The largest absolute Gasteiger partial charge is 0.389 e. The number of rotatable bonds is 1. The molecule has 80 valence electrons. The number of hydrogen-bond acceptors (Lipinski definition) is 3. The Kier molecular flexibility index (Phi) is 2.49. The maximum Gasteiger partial charge on any atom is 0.242 e. The van der Waals surface area contributed by atoms with Crippen molar-refractivity contribution >= 4 is 5.91 Å². The summed E-state index contributed by atoms with van der Waals surface area (Å²) < 4.78 is 0. The third kappa shape index (κ3) is 1.64. The molecule has 4 heteroatoms. The zero-order chi connectivity index (χ0) is 10.2. The summed E-state index contributed by atoms with van der Waals surface area (Å²) in [5.41, 5.74) is 5.46. The Morgan fingerprint density at radius 3 is 2.36 bits per heavy atom. The molecule has 4 nitrogen and oxygen atoms in total. The molecule has 2 rings (SSSR count). The van der Waals surface area contributed by atoms with Gasteiger partial charge < -0.3 is 15.7 Å². The molecular formula is C10H18N2O2. The normalized spacial score (nSPS) is 27.1. The molecule has 3 N–H and O–H groups in total. The minimum Gasteiger partial charge on any atom is -0.389 e. The highest BCUT2D eigenvalue weighted by Gasteiger charge is 2.42. The van der Waals surface area contributed by atoms with E-state index in [-0.39, 0.29) is 12.0 Å². The fraction of sp³-hybridized carbons (Fsp3) is 0.900. The summed E-state index contributed by atoms with van der Waals surface area (Å²) in [6.45, 7) is 0.940. The van der Waals surface area contributed by atoms with Crippen LogP contribution in [0.4, 0.5) is 0 Å². The van der Waals surface area contributed by atoms with Crippen LogP contribution in [-0.2, 0) is 4.79 Å². The Balaban J connectivity index is 1.95. The number of aliphatic hydroxyl groups excluding tert-OH is 1. The minimum absolute atomic E-state index is 0.0440. The molecule has 1 aliphatic carbocycles. The number of carbonyl (C=O) groups excluding carboxylic acids is 1. The van der Waals surface area contributed by atoms with Crippen molar-refractivity contribution in [1.82, 2.24) is 4.90 Å². The maximum absolute atomic E-state index is 11.9. The van der Waals surface area contributed by atoms with Crippen molar-refractivity contribution in [3.8, 4) is 0 Å². The van der Waals surface area contributed by atoms with Gasteiger partial charge in [-0.25, -0.2) is 0 Å². The maximum atomic E-state index is 11.9. The number of aliphatic hydroxyl groups is 1. The van der Waals surface area contributed by atoms with Crippen LogP contribution in [0.3, 0.4) is 0 Å². The minimum atomic E-state index is -0.627. The van der Waals surface area contributed by atoms with Crippen LogP contribution < -0.4 is 5.73 Å². The van der Waals surface area contributed by atoms with E-state index in [9.17, 15) is 4.79 Å². The molecule has 0 aromatic heterocycles. The van der Waals surface area contributed by atoms with Gasteiger partial charge in [0.05, 0.1) is 11.6 Å². The van der Waals surface area contributed by atoms with Gasteiger partial charge in [-0.2, -0.15) is 0 Å². The third-order valence-electron chi connectivity index (χ3n) is 3.32. The van der Waals surface area contributed by atoms with E-state index in [1.54, 1.807) is 4.90 Å². The Bertz CT molecular complexity index is 230. The van der Waals surface area contributed by atoms with E-state index in [4.69, 9.17) is 10.8 Å². The molecule has 0 bridgehead atoms. The number of nitrogens with two attached hydrogens (primary N) is 1. The van der Waals surface area contributed by atoms with Crippen LogP contribution in [0.5, 0.6) is 0 Å². The number of likely N-dealkylation sites (tertiary alicyclic amines) is 1. The predicted octanol–water partition coefficient (Wildman–Crippen LogP) is -0.149. The van der Waals surface area contributed by atoms with Gasteiger partial charge in [0.2, 0.25) is 5.91 Å². The first-order valence-corrected chi connectivity index (χ1v) is 5.38. The molecule has 0 spiro atoms. The summed E-state index contributed by atoms with van der Waals surface area (Å²) in [6, 6.07) is 0. The lowest BCUT2D eigenvalue weighted by molar-refractivity contribution is -0.148. The van der Waals surface area contributed by atoms with Crippen molar-refractivity contribution < 1.29 is 9.90 Å². The number of hydrogen-bond donors (Lipinski definition) is 2.